The van der Waals surface area contributed by atoms with Crippen LogP contribution in [0, 0.1) is 0 Å². The molecule has 0 aromatic carbocycles. The predicted molar refractivity (Wildman–Crippen MR) is 61.8 cm³/mol. The van der Waals surface area contributed by atoms with Gasteiger partial charge in [0.05, 0.1) is 12.7 Å². The molecule has 2 N–H and O–H groups in total. The SMILES string of the molecule is CCC(O)CN(CCO)C1CCCCC1. The summed E-state index contributed by atoms with van der Waals surface area (Å²) in [7, 11) is 0. The molecule has 1 unspecified atom stereocenters. The van der Waals surface area contributed by atoms with Gasteiger partial charge in [0, 0.05) is 19.1 Å². The standard InChI is InChI=1S/C12H25NO2/c1-2-12(15)10-13(8-9-14)11-6-4-3-5-7-11/h11-12,14-15H,2-10H2,1H3. The highest BCUT2D eigenvalue weighted by Crippen LogP contribution is 2.22. The van der Waals surface area contributed by atoms with E-state index in [1.807, 2.05) is 6.92 Å². The third kappa shape index (κ3) is 4.49. The second kappa shape index (κ2) is 7.20. The van der Waals surface area contributed by atoms with Crippen molar-refractivity contribution in [2.45, 2.75) is 57.6 Å². The summed E-state index contributed by atoms with van der Waals surface area (Å²) in [5.41, 5.74) is 0. The topological polar surface area (TPSA) is 43.7 Å². The highest BCUT2D eigenvalue weighted by Gasteiger charge is 2.21. The molecule has 90 valence electrons. The van der Waals surface area contributed by atoms with Crippen molar-refractivity contribution in [2.24, 2.45) is 0 Å². The average molecular weight is 215 g/mol. The molecular formula is C12H25NO2. The van der Waals surface area contributed by atoms with Gasteiger partial charge in [-0.15, -0.1) is 0 Å². The Kier molecular flexibility index (Phi) is 6.22. The summed E-state index contributed by atoms with van der Waals surface area (Å²) in [5.74, 6) is 0. The lowest BCUT2D eigenvalue weighted by Crippen LogP contribution is -2.43. The van der Waals surface area contributed by atoms with E-state index in [1.165, 1.54) is 32.1 Å². The lowest BCUT2D eigenvalue weighted by molar-refractivity contribution is 0.0587. The van der Waals surface area contributed by atoms with Crippen molar-refractivity contribution in [3.63, 3.8) is 0 Å². The maximum Gasteiger partial charge on any atom is 0.0664 e. The van der Waals surface area contributed by atoms with E-state index in [0.717, 1.165) is 13.0 Å². The molecule has 1 aliphatic carbocycles. The normalized spacial score (nSPS) is 20.8. The van der Waals surface area contributed by atoms with Crippen molar-refractivity contribution in [1.82, 2.24) is 4.90 Å². The van der Waals surface area contributed by atoms with Crippen molar-refractivity contribution < 1.29 is 10.2 Å². The van der Waals surface area contributed by atoms with Crippen LogP contribution in [0.25, 0.3) is 0 Å². The number of aliphatic hydroxyl groups excluding tert-OH is 2. The fraction of sp³-hybridized carbons (Fsp3) is 1.00. The molecule has 0 saturated heterocycles. The molecule has 0 aliphatic heterocycles. The largest absolute Gasteiger partial charge is 0.395 e. The maximum atomic E-state index is 9.66. The summed E-state index contributed by atoms with van der Waals surface area (Å²) in [6, 6.07) is 0.590. The summed E-state index contributed by atoms with van der Waals surface area (Å²) in [5, 5.41) is 18.7. The van der Waals surface area contributed by atoms with E-state index in [2.05, 4.69) is 4.90 Å². The van der Waals surface area contributed by atoms with Crippen molar-refractivity contribution in [3.05, 3.63) is 0 Å². The van der Waals surface area contributed by atoms with Crippen LogP contribution >= 0.6 is 0 Å². The molecule has 0 bridgehead atoms. The van der Waals surface area contributed by atoms with Crippen LogP contribution in [-0.2, 0) is 0 Å². The summed E-state index contributed by atoms with van der Waals surface area (Å²) in [6.07, 6.45) is 6.98. The van der Waals surface area contributed by atoms with Crippen molar-refractivity contribution in [2.75, 3.05) is 19.7 Å². The van der Waals surface area contributed by atoms with Gasteiger partial charge in [-0.2, -0.15) is 0 Å². The van der Waals surface area contributed by atoms with Crippen LogP contribution in [0.2, 0.25) is 0 Å². The Morgan fingerprint density at radius 3 is 2.47 bits per heavy atom. The van der Waals surface area contributed by atoms with Gasteiger partial charge in [-0.1, -0.05) is 26.2 Å². The van der Waals surface area contributed by atoms with Crippen LogP contribution in [0.1, 0.15) is 45.4 Å². The van der Waals surface area contributed by atoms with E-state index in [1.54, 1.807) is 0 Å². The van der Waals surface area contributed by atoms with E-state index >= 15 is 0 Å². The fourth-order valence-corrected chi connectivity index (χ4v) is 2.40. The van der Waals surface area contributed by atoms with Crippen LogP contribution < -0.4 is 0 Å². The van der Waals surface area contributed by atoms with Gasteiger partial charge in [0.25, 0.3) is 0 Å². The zero-order valence-electron chi connectivity index (χ0n) is 9.86. The Balaban J connectivity index is 2.39. The van der Waals surface area contributed by atoms with Gasteiger partial charge in [0.1, 0.15) is 0 Å². The van der Waals surface area contributed by atoms with Gasteiger partial charge in [-0.05, 0) is 19.3 Å². The minimum Gasteiger partial charge on any atom is -0.395 e. The van der Waals surface area contributed by atoms with E-state index in [-0.39, 0.29) is 12.7 Å². The quantitative estimate of drug-likeness (QED) is 0.703. The van der Waals surface area contributed by atoms with E-state index in [0.29, 0.717) is 12.6 Å². The first-order valence-electron chi connectivity index (χ1n) is 6.31. The molecule has 1 atom stereocenters. The lowest BCUT2D eigenvalue weighted by Gasteiger charge is -2.35. The predicted octanol–water partition coefficient (Wildman–Crippen LogP) is 1.38. The average Bonchev–Trinajstić information content (AvgIpc) is 2.29. The van der Waals surface area contributed by atoms with Gasteiger partial charge in [0.15, 0.2) is 0 Å². The highest BCUT2D eigenvalue weighted by molar-refractivity contribution is 4.77. The van der Waals surface area contributed by atoms with E-state index in [4.69, 9.17) is 5.11 Å². The molecule has 1 fully saturated rings. The molecule has 1 saturated carbocycles. The lowest BCUT2D eigenvalue weighted by atomic mass is 9.94. The molecule has 1 aliphatic rings. The van der Waals surface area contributed by atoms with E-state index < -0.39 is 0 Å². The minimum absolute atomic E-state index is 0.201. The van der Waals surface area contributed by atoms with Crippen molar-refractivity contribution >= 4 is 0 Å². The second-order valence-electron chi connectivity index (χ2n) is 4.57. The summed E-state index contributed by atoms with van der Waals surface area (Å²) < 4.78 is 0. The van der Waals surface area contributed by atoms with Crippen molar-refractivity contribution in [1.29, 1.82) is 0 Å². The number of aliphatic hydroxyl groups is 2. The first-order valence-corrected chi connectivity index (χ1v) is 6.31. The molecule has 0 amide bonds. The highest BCUT2D eigenvalue weighted by atomic mass is 16.3. The third-order valence-electron chi connectivity index (χ3n) is 3.39. The maximum absolute atomic E-state index is 9.66. The smallest absolute Gasteiger partial charge is 0.0664 e. The van der Waals surface area contributed by atoms with Gasteiger partial charge in [0.2, 0.25) is 0 Å². The van der Waals surface area contributed by atoms with Gasteiger partial charge in [-0.3, -0.25) is 4.90 Å². The monoisotopic (exact) mass is 215 g/mol. The summed E-state index contributed by atoms with van der Waals surface area (Å²) in [6.45, 7) is 3.64. The summed E-state index contributed by atoms with van der Waals surface area (Å²) >= 11 is 0. The Labute approximate surface area is 93.1 Å². The molecular weight excluding hydrogens is 190 g/mol. The van der Waals surface area contributed by atoms with Gasteiger partial charge >= 0.3 is 0 Å². The Morgan fingerprint density at radius 2 is 1.93 bits per heavy atom. The third-order valence-corrected chi connectivity index (χ3v) is 3.39. The molecule has 0 aromatic heterocycles. The van der Waals surface area contributed by atoms with Crippen LogP contribution in [-0.4, -0.2) is 47.0 Å². The van der Waals surface area contributed by atoms with Crippen LogP contribution in [0.4, 0.5) is 0 Å². The first kappa shape index (κ1) is 12.9. The molecule has 15 heavy (non-hydrogen) atoms. The Bertz CT molecular complexity index is 158. The molecule has 3 heteroatoms. The number of nitrogens with zero attached hydrogens (tertiary/aromatic N) is 1. The van der Waals surface area contributed by atoms with Crippen LogP contribution in [0.3, 0.4) is 0 Å². The summed E-state index contributed by atoms with van der Waals surface area (Å²) in [4.78, 5) is 2.27. The first-order chi connectivity index (χ1) is 7.27. The molecule has 1 rings (SSSR count). The van der Waals surface area contributed by atoms with Gasteiger partial charge < -0.3 is 10.2 Å². The second-order valence-corrected chi connectivity index (χ2v) is 4.57. The molecule has 0 aromatic rings. The van der Waals surface area contributed by atoms with E-state index in [9.17, 15) is 5.11 Å². The minimum atomic E-state index is -0.238. The molecule has 0 spiro atoms. The number of hydrogen-bond donors (Lipinski definition) is 2. The molecule has 3 nitrogen and oxygen atoms in total. The zero-order chi connectivity index (χ0) is 11.1. The fourth-order valence-electron chi connectivity index (χ4n) is 2.40. The van der Waals surface area contributed by atoms with Crippen LogP contribution in [0.15, 0.2) is 0 Å². The van der Waals surface area contributed by atoms with Crippen molar-refractivity contribution in [3.8, 4) is 0 Å². The number of rotatable bonds is 6. The van der Waals surface area contributed by atoms with Gasteiger partial charge in [-0.25, -0.2) is 0 Å². The van der Waals surface area contributed by atoms with Crippen LogP contribution in [0.5, 0.6) is 0 Å². The Hall–Kier alpha value is -0.120. The molecule has 0 radical (unpaired) electrons. The Morgan fingerprint density at radius 1 is 1.27 bits per heavy atom. The number of hydrogen-bond acceptors (Lipinski definition) is 3. The zero-order valence-corrected chi connectivity index (χ0v) is 9.86. The molecule has 0 heterocycles.